The standard InChI is InChI=1S/C27H30N4O2/c1-3-20-9-11-22(12-10-20)29-27(33)30-24-18-23(13-14-25(24)31-15-4-5-16-31)28-26(32)21-8-6-7-19(2)17-21/h6-14,17-18H,3-5,15-16H2,1-2H3,(H,28,32)(H2,29,30,33). The maximum absolute atomic E-state index is 12.8. The Bertz CT molecular complexity index is 1140. The smallest absolute Gasteiger partial charge is 0.323 e. The van der Waals surface area contributed by atoms with Gasteiger partial charge in [-0.15, -0.1) is 0 Å². The van der Waals surface area contributed by atoms with E-state index in [4.69, 9.17) is 0 Å². The lowest BCUT2D eigenvalue weighted by Crippen LogP contribution is -2.24. The van der Waals surface area contributed by atoms with Crippen molar-refractivity contribution >= 4 is 34.7 Å². The quantitative estimate of drug-likeness (QED) is 0.435. The average Bonchev–Trinajstić information content (AvgIpc) is 3.34. The molecule has 6 heteroatoms. The molecule has 0 aliphatic carbocycles. The van der Waals surface area contributed by atoms with Crippen LogP contribution in [0.15, 0.2) is 66.7 Å². The topological polar surface area (TPSA) is 73.5 Å². The molecule has 4 rings (SSSR count). The zero-order valence-corrected chi connectivity index (χ0v) is 19.2. The second kappa shape index (κ2) is 10.2. The first-order chi connectivity index (χ1) is 16.0. The molecule has 170 valence electrons. The van der Waals surface area contributed by atoms with Crippen LogP contribution in [-0.2, 0) is 6.42 Å². The Hall–Kier alpha value is -3.80. The molecule has 3 amide bonds. The predicted octanol–water partition coefficient (Wildman–Crippen LogP) is 6.05. The van der Waals surface area contributed by atoms with Gasteiger partial charge in [-0.1, -0.05) is 36.8 Å². The molecule has 0 bridgehead atoms. The Morgan fingerprint density at radius 1 is 0.848 bits per heavy atom. The van der Waals surface area contributed by atoms with Crippen LogP contribution < -0.4 is 20.9 Å². The van der Waals surface area contributed by atoms with Crippen molar-refractivity contribution in [1.29, 1.82) is 0 Å². The Labute approximate surface area is 195 Å². The molecule has 0 saturated carbocycles. The minimum atomic E-state index is -0.318. The Kier molecular flexibility index (Phi) is 6.93. The van der Waals surface area contributed by atoms with Gasteiger partial charge in [0.05, 0.1) is 11.4 Å². The number of nitrogens with zero attached hydrogens (tertiary/aromatic N) is 1. The van der Waals surface area contributed by atoms with Crippen LogP contribution in [-0.4, -0.2) is 25.0 Å². The lowest BCUT2D eigenvalue weighted by molar-refractivity contribution is 0.102. The lowest BCUT2D eigenvalue weighted by atomic mass is 10.1. The van der Waals surface area contributed by atoms with Crippen molar-refractivity contribution in [2.75, 3.05) is 33.9 Å². The highest BCUT2D eigenvalue weighted by atomic mass is 16.2. The molecule has 1 fully saturated rings. The monoisotopic (exact) mass is 442 g/mol. The van der Waals surface area contributed by atoms with Gasteiger partial charge in [-0.3, -0.25) is 4.79 Å². The SMILES string of the molecule is CCc1ccc(NC(=O)Nc2cc(NC(=O)c3cccc(C)c3)ccc2N2CCCC2)cc1. The number of aryl methyl sites for hydroxylation is 2. The van der Waals surface area contributed by atoms with Crippen LogP contribution in [0.1, 0.15) is 41.3 Å². The van der Waals surface area contributed by atoms with E-state index in [1.807, 2.05) is 67.6 Å². The zero-order chi connectivity index (χ0) is 23.2. The first-order valence-corrected chi connectivity index (χ1v) is 11.5. The summed E-state index contributed by atoms with van der Waals surface area (Å²) in [4.78, 5) is 27.7. The molecule has 3 aromatic carbocycles. The highest BCUT2D eigenvalue weighted by Crippen LogP contribution is 2.32. The Balaban J connectivity index is 1.53. The maximum atomic E-state index is 12.8. The minimum absolute atomic E-state index is 0.181. The summed E-state index contributed by atoms with van der Waals surface area (Å²) < 4.78 is 0. The molecule has 33 heavy (non-hydrogen) atoms. The van der Waals surface area contributed by atoms with Gasteiger partial charge >= 0.3 is 6.03 Å². The number of anilines is 4. The summed E-state index contributed by atoms with van der Waals surface area (Å²) in [5, 5.41) is 8.83. The van der Waals surface area contributed by atoms with Crippen molar-refractivity contribution < 1.29 is 9.59 Å². The number of hydrogen-bond acceptors (Lipinski definition) is 3. The van der Waals surface area contributed by atoms with E-state index in [9.17, 15) is 9.59 Å². The van der Waals surface area contributed by atoms with E-state index in [1.54, 1.807) is 6.07 Å². The molecular weight excluding hydrogens is 412 g/mol. The van der Waals surface area contributed by atoms with E-state index < -0.39 is 0 Å². The molecule has 1 saturated heterocycles. The molecule has 3 aromatic rings. The molecule has 0 unspecified atom stereocenters. The molecule has 0 aromatic heterocycles. The largest absolute Gasteiger partial charge is 0.370 e. The summed E-state index contributed by atoms with van der Waals surface area (Å²) in [6, 6.07) is 20.6. The molecule has 6 nitrogen and oxygen atoms in total. The highest BCUT2D eigenvalue weighted by Gasteiger charge is 2.18. The molecular formula is C27H30N4O2. The fourth-order valence-electron chi connectivity index (χ4n) is 4.05. The number of rotatable bonds is 6. The lowest BCUT2D eigenvalue weighted by Gasteiger charge is -2.22. The molecule has 0 atom stereocenters. The summed E-state index contributed by atoms with van der Waals surface area (Å²) in [6.07, 6.45) is 3.20. The average molecular weight is 443 g/mol. The van der Waals surface area contributed by atoms with E-state index in [-0.39, 0.29) is 11.9 Å². The van der Waals surface area contributed by atoms with Gasteiger partial charge in [-0.05, 0) is 74.2 Å². The van der Waals surface area contributed by atoms with Gasteiger partial charge in [0.2, 0.25) is 0 Å². The third kappa shape index (κ3) is 5.71. The number of amides is 3. The number of carbonyl (C=O) groups is 2. The maximum Gasteiger partial charge on any atom is 0.323 e. The van der Waals surface area contributed by atoms with Crippen LogP contribution in [0.25, 0.3) is 0 Å². The molecule has 1 aliphatic rings. The normalized spacial score (nSPS) is 13.0. The Morgan fingerprint density at radius 2 is 1.58 bits per heavy atom. The van der Waals surface area contributed by atoms with Crippen LogP contribution in [0, 0.1) is 6.92 Å². The van der Waals surface area contributed by atoms with E-state index in [2.05, 4.69) is 27.8 Å². The summed E-state index contributed by atoms with van der Waals surface area (Å²) in [5.41, 5.74) is 5.83. The predicted molar refractivity (Wildman–Crippen MR) is 135 cm³/mol. The third-order valence-corrected chi connectivity index (χ3v) is 5.85. The fourth-order valence-corrected chi connectivity index (χ4v) is 4.05. The molecule has 0 radical (unpaired) electrons. The van der Waals surface area contributed by atoms with Gasteiger partial charge in [0.25, 0.3) is 5.91 Å². The van der Waals surface area contributed by atoms with Gasteiger partial charge in [-0.25, -0.2) is 4.79 Å². The van der Waals surface area contributed by atoms with E-state index in [0.29, 0.717) is 16.9 Å². The second-order valence-corrected chi connectivity index (χ2v) is 8.38. The number of hydrogen-bond donors (Lipinski definition) is 3. The van der Waals surface area contributed by atoms with Gasteiger partial charge in [0, 0.05) is 30.0 Å². The van der Waals surface area contributed by atoms with E-state index in [1.165, 1.54) is 5.56 Å². The minimum Gasteiger partial charge on any atom is -0.370 e. The van der Waals surface area contributed by atoms with Crippen LogP contribution in [0.3, 0.4) is 0 Å². The zero-order valence-electron chi connectivity index (χ0n) is 19.2. The second-order valence-electron chi connectivity index (χ2n) is 8.38. The van der Waals surface area contributed by atoms with Crippen molar-refractivity contribution in [3.05, 3.63) is 83.4 Å². The first-order valence-electron chi connectivity index (χ1n) is 11.5. The number of urea groups is 1. The van der Waals surface area contributed by atoms with Gasteiger partial charge in [0.15, 0.2) is 0 Å². The first kappa shape index (κ1) is 22.4. The summed E-state index contributed by atoms with van der Waals surface area (Å²) >= 11 is 0. The van der Waals surface area contributed by atoms with Crippen LogP contribution in [0.4, 0.5) is 27.5 Å². The number of benzene rings is 3. The molecule has 3 N–H and O–H groups in total. The number of nitrogens with one attached hydrogen (secondary N) is 3. The molecule has 0 spiro atoms. The van der Waals surface area contributed by atoms with E-state index in [0.717, 1.165) is 49.3 Å². The van der Waals surface area contributed by atoms with Gasteiger partial charge in [0.1, 0.15) is 0 Å². The third-order valence-electron chi connectivity index (χ3n) is 5.85. The van der Waals surface area contributed by atoms with Gasteiger partial charge in [-0.2, -0.15) is 0 Å². The summed E-state index contributed by atoms with van der Waals surface area (Å²) in [6.45, 7) is 5.95. The molecule has 1 aliphatic heterocycles. The summed E-state index contributed by atoms with van der Waals surface area (Å²) in [5.74, 6) is -0.181. The highest BCUT2D eigenvalue weighted by molar-refractivity contribution is 6.06. The van der Waals surface area contributed by atoms with Crippen molar-refractivity contribution in [2.45, 2.75) is 33.1 Å². The van der Waals surface area contributed by atoms with Crippen molar-refractivity contribution in [3.63, 3.8) is 0 Å². The Morgan fingerprint density at radius 3 is 2.27 bits per heavy atom. The van der Waals surface area contributed by atoms with Crippen molar-refractivity contribution in [3.8, 4) is 0 Å². The van der Waals surface area contributed by atoms with Crippen molar-refractivity contribution in [2.24, 2.45) is 0 Å². The van der Waals surface area contributed by atoms with Crippen LogP contribution in [0.5, 0.6) is 0 Å². The summed E-state index contributed by atoms with van der Waals surface area (Å²) in [7, 11) is 0. The molecule has 1 heterocycles. The van der Waals surface area contributed by atoms with Crippen LogP contribution >= 0.6 is 0 Å². The van der Waals surface area contributed by atoms with Gasteiger partial charge < -0.3 is 20.9 Å². The van der Waals surface area contributed by atoms with E-state index >= 15 is 0 Å². The fraction of sp³-hybridized carbons (Fsp3) is 0.259. The van der Waals surface area contributed by atoms with Crippen molar-refractivity contribution in [1.82, 2.24) is 0 Å². The van der Waals surface area contributed by atoms with Crippen LogP contribution in [0.2, 0.25) is 0 Å². The number of carbonyl (C=O) groups excluding carboxylic acids is 2.